The number of hydrogen-bond donors (Lipinski definition) is 1. The van der Waals surface area contributed by atoms with E-state index in [2.05, 4.69) is 62.7 Å². The Morgan fingerprint density at radius 1 is 1.33 bits per heavy atom. The van der Waals surface area contributed by atoms with Crippen LogP contribution in [0.3, 0.4) is 0 Å². The number of hydrogen-bond acceptors (Lipinski definition) is 3. The maximum atomic E-state index is 4.00. The van der Waals surface area contributed by atoms with Crippen LogP contribution in [0.4, 0.5) is 0 Å². The van der Waals surface area contributed by atoms with Crippen LogP contribution in [0.25, 0.3) is 11.3 Å². The number of aryl methyl sites for hydroxylation is 1. The van der Waals surface area contributed by atoms with E-state index in [-0.39, 0.29) is 0 Å². The van der Waals surface area contributed by atoms with Gasteiger partial charge >= 0.3 is 0 Å². The van der Waals surface area contributed by atoms with Crippen LogP contribution in [0.15, 0.2) is 28.9 Å². The van der Waals surface area contributed by atoms with Crippen molar-refractivity contribution in [2.45, 2.75) is 19.4 Å². The van der Waals surface area contributed by atoms with E-state index in [0.29, 0.717) is 6.04 Å². The van der Waals surface area contributed by atoms with Crippen molar-refractivity contribution in [3.8, 4) is 11.3 Å². The quantitative estimate of drug-likeness (QED) is 0.944. The number of aromatic nitrogens is 3. The van der Waals surface area contributed by atoms with Crippen LogP contribution in [0, 0.1) is 0 Å². The van der Waals surface area contributed by atoms with Crippen molar-refractivity contribution in [3.05, 3.63) is 34.4 Å². The fourth-order valence-electron chi connectivity index (χ4n) is 2.12. The summed E-state index contributed by atoms with van der Waals surface area (Å²) in [4.78, 5) is 0. The lowest BCUT2D eigenvalue weighted by Gasteiger charge is -2.14. The fraction of sp³-hybridized carbons (Fsp3) is 0.385. The number of benzene rings is 1. The second kappa shape index (κ2) is 5.63. The smallest absolute Gasteiger partial charge is 0.156 e. The van der Waals surface area contributed by atoms with Crippen molar-refractivity contribution in [2.24, 2.45) is 7.05 Å². The Hall–Kier alpha value is -1.20. The second-order valence-electron chi connectivity index (χ2n) is 4.22. The van der Waals surface area contributed by atoms with E-state index in [1.807, 2.05) is 14.1 Å². The minimum Gasteiger partial charge on any atom is -0.313 e. The predicted molar refractivity (Wildman–Crippen MR) is 76.2 cm³/mol. The Kier molecular flexibility index (Phi) is 4.14. The average Bonchev–Trinajstić information content (AvgIpc) is 2.72. The summed E-state index contributed by atoms with van der Waals surface area (Å²) >= 11 is 3.42. The summed E-state index contributed by atoms with van der Waals surface area (Å²) < 4.78 is 2.55. The van der Waals surface area contributed by atoms with Crippen molar-refractivity contribution in [1.29, 1.82) is 0 Å². The summed E-state index contributed by atoms with van der Waals surface area (Å²) in [6.07, 6.45) is 1.08. The Balaban J connectivity index is 2.33. The minimum atomic E-state index is 0.409. The Labute approximate surface area is 116 Å². The lowest BCUT2D eigenvalue weighted by molar-refractivity contribution is 0.577. The first-order chi connectivity index (χ1) is 8.67. The molecule has 96 valence electrons. The van der Waals surface area contributed by atoms with Gasteiger partial charge in [0.15, 0.2) is 4.60 Å². The number of rotatable bonds is 4. The van der Waals surface area contributed by atoms with Crippen molar-refractivity contribution < 1.29 is 0 Å². The highest BCUT2D eigenvalue weighted by molar-refractivity contribution is 9.10. The fourth-order valence-corrected chi connectivity index (χ4v) is 2.67. The zero-order valence-electron chi connectivity index (χ0n) is 10.8. The topological polar surface area (TPSA) is 42.7 Å². The molecule has 1 atom stereocenters. The van der Waals surface area contributed by atoms with E-state index < -0.39 is 0 Å². The molecule has 0 fully saturated rings. The van der Waals surface area contributed by atoms with Crippen molar-refractivity contribution in [1.82, 2.24) is 20.3 Å². The van der Waals surface area contributed by atoms with Gasteiger partial charge in [-0.3, -0.25) is 0 Å². The lowest BCUT2D eigenvalue weighted by atomic mass is 10.0. The van der Waals surface area contributed by atoms with Gasteiger partial charge < -0.3 is 5.32 Å². The van der Waals surface area contributed by atoms with E-state index in [0.717, 1.165) is 22.3 Å². The molecule has 5 heteroatoms. The van der Waals surface area contributed by atoms with Crippen LogP contribution < -0.4 is 5.32 Å². The zero-order valence-corrected chi connectivity index (χ0v) is 12.4. The molecule has 0 amide bonds. The molecule has 0 aliphatic heterocycles. The van der Waals surface area contributed by atoms with Crippen LogP contribution in [0.1, 0.15) is 24.9 Å². The van der Waals surface area contributed by atoms with E-state index in [4.69, 9.17) is 0 Å². The first-order valence-corrected chi connectivity index (χ1v) is 6.79. The second-order valence-corrected chi connectivity index (χ2v) is 4.98. The molecule has 0 aliphatic carbocycles. The highest BCUT2D eigenvalue weighted by Crippen LogP contribution is 2.27. The molecule has 4 nitrogen and oxygen atoms in total. The number of nitrogens with zero attached hydrogens (tertiary/aromatic N) is 3. The van der Waals surface area contributed by atoms with Crippen LogP contribution in [0.2, 0.25) is 0 Å². The summed E-state index contributed by atoms with van der Waals surface area (Å²) in [5, 5.41) is 11.3. The maximum Gasteiger partial charge on any atom is 0.156 e. The molecule has 0 bridgehead atoms. The molecule has 1 aromatic heterocycles. The monoisotopic (exact) mass is 308 g/mol. The van der Waals surface area contributed by atoms with Gasteiger partial charge in [-0.15, -0.1) is 5.10 Å². The van der Waals surface area contributed by atoms with Gasteiger partial charge in [-0.25, -0.2) is 4.68 Å². The first kappa shape index (κ1) is 13.2. The van der Waals surface area contributed by atoms with Gasteiger partial charge in [-0.05, 0) is 35.0 Å². The largest absolute Gasteiger partial charge is 0.313 e. The van der Waals surface area contributed by atoms with Crippen molar-refractivity contribution in [2.75, 3.05) is 7.05 Å². The van der Waals surface area contributed by atoms with Crippen LogP contribution in [-0.2, 0) is 7.05 Å². The van der Waals surface area contributed by atoms with Crippen LogP contribution in [-0.4, -0.2) is 22.0 Å². The molecular weight excluding hydrogens is 292 g/mol. The van der Waals surface area contributed by atoms with E-state index in [1.54, 1.807) is 4.68 Å². The average molecular weight is 309 g/mol. The summed E-state index contributed by atoms with van der Waals surface area (Å²) in [6.45, 7) is 2.18. The SMILES string of the molecule is CCC(NC)c1ccc(-c2c(Br)nnn2C)cc1. The molecule has 1 aromatic carbocycles. The van der Waals surface area contributed by atoms with Crippen LogP contribution in [0.5, 0.6) is 0 Å². The highest BCUT2D eigenvalue weighted by atomic mass is 79.9. The molecule has 1 unspecified atom stereocenters. The first-order valence-electron chi connectivity index (χ1n) is 6.00. The Morgan fingerprint density at radius 3 is 2.44 bits per heavy atom. The summed E-state index contributed by atoms with van der Waals surface area (Å²) in [5.74, 6) is 0. The minimum absolute atomic E-state index is 0.409. The van der Waals surface area contributed by atoms with E-state index >= 15 is 0 Å². The molecule has 0 saturated heterocycles. The number of halogens is 1. The third-order valence-electron chi connectivity index (χ3n) is 3.13. The molecule has 1 heterocycles. The van der Waals surface area contributed by atoms with Gasteiger partial charge in [0.05, 0.1) is 0 Å². The standard InChI is InChI=1S/C13H17BrN4/c1-4-11(15-2)9-5-7-10(8-6-9)12-13(14)16-17-18(12)3/h5-8,11,15H,4H2,1-3H3. The van der Waals surface area contributed by atoms with Gasteiger partial charge in [0.2, 0.25) is 0 Å². The molecule has 18 heavy (non-hydrogen) atoms. The number of nitrogens with one attached hydrogen (secondary N) is 1. The predicted octanol–water partition coefficient (Wildman–Crippen LogP) is 2.92. The van der Waals surface area contributed by atoms with E-state index in [1.165, 1.54) is 5.56 Å². The Morgan fingerprint density at radius 2 is 2.00 bits per heavy atom. The Bertz CT molecular complexity index is 495. The van der Waals surface area contributed by atoms with Crippen molar-refractivity contribution in [3.63, 3.8) is 0 Å². The summed E-state index contributed by atoms with van der Waals surface area (Å²) in [5.41, 5.74) is 3.41. The summed E-state index contributed by atoms with van der Waals surface area (Å²) in [6, 6.07) is 8.93. The maximum absolute atomic E-state index is 4.00. The van der Waals surface area contributed by atoms with Crippen LogP contribution >= 0.6 is 15.9 Å². The van der Waals surface area contributed by atoms with E-state index in [9.17, 15) is 0 Å². The molecule has 2 rings (SSSR count). The van der Waals surface area contributed by atoms with Crippen molar-refractivity contribution >= 4 is 15.9 Å². The zero-order chi connectivity index (χ0) is 13.1. The molecule has 0 radical (unpaired) electrons. The summed E-state index contributed by atoms with van der Waals surface area (Å²) in [7, 11) is 3.88. The van der Waals surface area contributed by atoms with Gasteiger partial charge in [0.25, 0.3) is 0 Å². The highest BCUT2D eigenvalue weighted by Gasteiger charge is 2.11. The molecule has 0 spiro atoms. The third-order valence-corrected chi connectivity index (χ3v) is 3.66. The molecule has 0 aliphatic rings. The normalized spacial score (nSPS) is 12.7. The molecule has 1 N–H and O–H groups in total. The molecular formula is C13H17BrN4. The molecule has 0 saturated carbocycles. The van der Waals surface area contributed by atoms with Gasteiger partial charge in [0, 0.05) is 18.7 Å². The van der Waals surface area contributed by atoms with Gasteiger partial charge in [0.1, 0.15) is 5.69 Å². The van der Waals surface area contributed by atoms with Gasteiger partial charge in [-0.2, -0.15) is 0 Å². The molecule has 2 aromatic rings. The van der Waals surface area contributed by atoms with Gasteiger partial charge in [-0.1, -0.05) is 36.4 Å². The lowest BCUT2D eigenvalue weighted by Crippen LogP contribution is -2.14. The third kappa shape index (κ3) is 2.47.